The average Bonchev–Trinajstić information content (AvgIpc) is 3.04. The van der Waals surface area contributed by atoms with Crippen molar-refractivity contribution in [2.24, 2.45) is 5.92 Å². The van der Waals surface area contributed by atoms with E-state index in [4.69, 9.17) is 4.74 Å². The second-order valence-electron chi connectivity index (χ2n) is 7.83. The van der Waals surface area contributed by atoms with Crippen LogP contribution in [0.3, 0.4) is 0 Å². The van der Waals surface area contributed by atoms with E-state index in [9.17, 15) is 4.79 Å². The summed E-state index contributed by atoms with van der Waals surface area (Å²) in [5.41, 5.74) is 1.10. The van der Waals surface area contributed by atoms with E-state index in [1.54, 1.807) is 6.33 Å². The monoisotopic (exact) mass is 373 g/mol. The lowest BCUT2D eigenvalue weighted by Gasteiger charge is -2.37. The molecule has 3 aliphatic heterocycles. The molecule has 7 nitrogen and oxygen atoms in total. The number of morpholine rings is 1. The third kappa shape index (κ3) is 4.34. The maximum absolute atomic E-state index is 12.9. The van der Waals surface area contributed by atoms with Gasteiger partial charge in [0.25, 0.3) is 0 Å². The number of likely N-dealkylation sites (tertiary alicyclic amines) is 1. The van der Waals surface area contributed by atoms with Gasteiger partial charge in [-0.2, -0.15) is 0 Å². The van der Waals surface area contributed by atoms with Gasteiger partial charge < -0.3 is 19.4 Å². The van der Waals surface area contributed by atoms with Crippen LogP contribution in [0.5, 0.6) is 0 Å². The molecule has 4 rings (SSSR count). The minimum atomic E-state index is 0.177. The van der Waals surface area contributed by atoms with E-state index < -0.39 is 0 Å². The van der Waals surface area contributed by atoms with Crippen LogP contribution in [0, 0.1) is 5.92 Å². The molecule has 1 aromatic rings. The van der Waals surface area contributed by atoms with E-state index in [1.165, 1.54) is 12.8 Å². The largest absolute Gasteiger partial charge is 0.378 e. The first kappa shape index (κ1) is 18.5. The highest BCUT2D eigenvalue weighted by atomic mass is 16.5. The van der Waals surface area contributed by atoms with E-state index in [2.05, 4.69) is 24.7 Å². The molecule has 27 heavy (non-hydrogen) atoms. The number of carbonyl (C=O) groups excluding carboxylic acids is 1. The van der Waals surface area contributed by atoms with Gasteiger partial charge in [0.05, 0.1) is 25.1 Å². The van der Waals surface area contributed by atoms with Crippen LogP contribution < -0.4 is 9.80 Å². The summed E-state index contributed by atoms with van der Waals surface area (Å²) < 4.78 is 5.47. The SMILES string of the molecule is O=C(C1CCN(c2cncnc2N2CCOCC2)CC1)N1CCCCCC1. The molecule has 3 fully saturated rings. The molecule has 0 saturated carbocycles. The Kier molecular flexibility index (Phi) is 6.07. The summed E-state index contributed by atoms with van der Waals surface area (Å²) in [6.45, 7) is 6.93. The van der Waals surface area contributed by atoms with Gasteiger partial charge in [0.2, 0.25) is 5.91 Å². The molecule has 0 atom stereocenters. The van der Waals surface area contributed by atoms with Crippen molar-refractivity contribution in [3.63, 3.8) is 0 Å². The quantitative estimate of drug-likeness (QED) is 0.807. The molecule has 0 N–H and O–H groups in total. The topological polar surface area (TPSA) is 61.8 Å². The van der Waals surface area contributed by atoms with E-state index in [0.717, 1.165) is 89.7 Å². The second kappa shape index (κ2) is 8.87. The van der Waals surface area contributed by atoms with E-state index in [1.807, 2.05) is 6.20 Å². The van der Waals surface area contributed by atoms with Gasteiger partial charge in [0.15, 0.2) is 5.82 Å². The highest BCUT2D eigenvalue weighted by Crippen LogP contribution is 2.31. The molecule has 0 aromatic carbocycles. The minimum Gasteiger partial charge on any atom is -0.378 e. The highest BCUT2D eigenvalue weighted by molar-refractivity contribution is 5.79. The van der Waals surface area contributed by atoms with Crippen molar-refractivity contribution in [2.75, 3.05) is 62.3 Å². The standard InChI is InChI=1S/C20H31N5O2/c26-20(25-7-3-1-2-4-8-25)17-5-9-23(10-6-17)18-15-21-16-22-19(18)24-11-13-27-14-12-24/h15-17H,1-14H2. The van der Waals surface area contributed by atoms with Gasteiger partial charge >= 0.3 is 0 Å². The summed E-state index contributed by atoms with van der Waals surface area (Å²) >= 11 is 0. The molecule has 3 aliphatic rings. The molecule has 148 valence electrons. The third-order valence-corrected chi connectivity index (χ3v) is 6.09. The maximum atomic E-state index is 12.9. The number of nitrogens with zero attached hydrogens (tertiary/aromatic N) is 5. The van der Waals surface area contributed by atoms with E-state index in [-0.39, 0.29) is 5.92 Å². The molecule has 1 aromatic heterocycles. The molecule has 0 spiro atoms. The maximum Gasteiger partial charge on any atom is 0.225 e. The van der Waals surface area contributed by atoms with Crippen molar-refractivity contribution in [1.29, 1.82) is 0 Å². The smallest absolute Gasteiger partial charge is 0.225 e. The molecule has 0 radical (unpaired) electrons. The first-order valence-corrected chi connectivity index (χ1v) is 10.5. The fraction of sp³-hybridized carbons (Fsp3) is 0.750. The van der Waals surface area contributed by atoms with Gasteiger partial charge in [-0.15, -0.1) is 0 Å². The lowest BCUT2D eigenvalue weighted by Crippen LogP contribution is -2.44. The fourth-order valence-corrected chi connectivity index (χ4v) is 4.47. The molecule has 7 heteroatoms. The summed E-state index contributed by atoms with van der Waals surface area (Å²) in [6.07, 6.45) is 10.3. The molecule has 4 heterocycles. The van der Waals surface area contributed by atoms with Crippen LogP contribution in [0.1, 0.15) is 38.5 Å². The average molecular weight is 374 g/mol. The lowest BCUT2D eigenvalue weighted by atomic mass is 9.95. The molecular formula is C20H31N5O2. The Bertz CT molecular complexity index is 619. The Morgan fingerprint density at radius 3 is 2.33 bits per heavy atom. The fourth-order valence-electron chi connectivity index (χ4n) is 4.47. The molecule has 0 unspecified atom stereocenters. The van der Waals surface area contributed by atoms with Gasteiger partial charge in [-0.1, -0.05) is 12.8 Å². The number of hydrogen-bond donors (Lipinski definition) is 0. The second-order valence-corrected chi connectivity index (χ2v) is 7.83. The van der Waals surface area contributed by atoms with Crippen LogP contribution >= 0.6 is 0 Å². The molecule has 0 bridgehead atoms. The van der Waals surface area contributed by atoms with Crippen LogP contribution in [0.15, 0.2) is 12.5 Å². The number of piperidine rings is 1. The van der Waals surface area contributed by atoms with Crippen LogP contribution in [-0.4, -0.2) is 73.3 Å². The van der Waals surface area contributed by atoms with Crippen LogP contribution in [0.4, 0.5) is 11.5 Å². The number of anilines is 2. The number of carbonyl (C=O) groups is 1. The summed E-state index contributed by atoms with van der Waals surface area (Å²) in [5.74, 6) is 1.57. The number of rotatable bonds is 3. The summed E-state index contributed by atoms with van der Waals surface area (Å²) in [4.78, 5) is 28.5. The Morgan fingerprint density at radius 1 is 0.926 bits per heavy atom. The number of ether oxygens (including phenoxy) is 1. The van der Waals surface area contributed by atoms with Crippen molar-refractivity contribution in [3.8, 4) is 0 Å². The van der Waals surface area contributed by atoms with Crippen molar-refractivity contribution < 1.29 is 9.53 Å². The molecular weight excluding hydrogens is 342 g/mol. The van der Waals surface area contributed by atoms with E-state index in [0.29, 0.717) is 5.91 Å². The zero-order valence-electron chi connectivity index (χ0n) is 16.2. The summed E-state index contributed by atoms with van der Waals surface area (Å²) in [7, 11) is 0. The van der Waals surface area contributed by atoms with E-state index >= 15 is 0 Å². The van der Waals surface area contributed by atoms with Gasteiger partial charge in [0, 0.05) is 45.2 Å². The molecule has 1 amide bonds. The van der Waals surface area contributed by atoms with Gasteiger partial charge in [-0.25, -0.2) is 9.97 Å². The van der Waals surface area contributed by atoms with Crippen molar-refractivity contribution in [3.05, 3.63) is 12.5 Å². The number of aromatic nitrogens is 2. The Labute approximate surface area is 161 Å². The van der Waals surface area contributed by atoms with Crippen molar-refractivity contribution in [1.82, 2.24) is 14.9 Å². The zero-order chi connectivity index (χ0) is 18.5. The van der Waals surface area contributed by atoms with Gasteiger partial charge in [-0.3, -0.25) is 4.79 Å². The van der Waals surface area contributed by atoms with Gasteiger partial charge in [0.1, 0.15) is 6.33 Å². The van der Waals surface area contributed by atoms with Crippen LogP contribution in [0.2, 0.25) is 0 Å². The molecule has 3 saturated heterocycles. The Morgan fingerprint density at radius 2 is 1.63 bits per heavy atom. The lowest BCUT2D eigenvalue weighted by molar-refractivity contribution is -0.136. The molecule has 0 aliphatic carbocycles. The number of amides is 1. The Hall–Kier alpha value is -1.89. The first-order valence-electron chi connectivity index (χ1n) is 10.5. The van der Waals surface area contributed by atoms with Crippen LogP contribution in [-0.2, 0) is 9.53 Å². The normalized spacial score (nSPS) is 22.6. The van der Waals surface area contributed by atoms with Gasteiger partial charge in [-0.05, 0) is 25.7 Å². The zero-order valence-corrected chi connectivity index (χ0v) is 16.2. The summed E-state index contributed by atoms with van der Waals surface area (Å²) in [5, 5.41) is 0. The number of hydrogen-bond acceptors (Lipinski definition) is 6. The predicted molar refractivity (Wildman–Crippen MR) is 105 cm³/mol. The Balaban J connectivity index is 1.38. The van der Waals surface area contributed by atoms with Crippen molar-refractivity contribution in [2.45, 2.75) is 38.5 Å². The first-order chi connectivity index (χ1) is 13.3. The highest BCUT2D eigenvalue weighted by Gasteiger charge is 2.30. The minimum absolute atomic E-state index is 0.177. The predicted octanol–water partition coefficient (Wildman–Crippen LogP) is 1.93. The van der Waals surface area contributed by atoms with Crippen LogP contribution in [0.25, 0.3) is 0 Å². The van der Waals surface area contributed by atoms with Crippen molar-refractivity contribution >= 4 is 17.4 Å². The third-order valence-electron chi connectivity index (χ3n) is 6.09. The summed E-state index contributed by atoms with van der Waals surface area (Å²) in [6, 6.07) is 0.